The van der Waals surface area contributed by atoms with Crippen molar-refractivity contribution in [2.75, 3.05) is 13.2 Å². The number of hydrogen-bond donors (Lipinski definition) is 0. The van der Waals surface area contributed by atoms with Crippen LogP contribution in [0, 0.1) is 24.2 Å². The van der Waals surface area contributed by atoms with Gasteiger partial charge in [0.05, 0.1) is 6.61 Å². The van der Waals surface area contributed by atoms with Gasteiger partial charge in [-0.3, -0.25) is 0 Å². The highest BCUT2D eigenvalue weighted by molar-refractivity contribution is 4.88. The molecule has 0 amide bonds. The fourth-order valence-corrected chi connectivity index (χ4v) is 1.60. The second kappa shape index (κ2) is 4.41. The van der Waals surface area contributed by atoms with Crippen molar-refractivity contribution in [1.29, 1.82) is 0 Å². The summed E-state index contributed by atoms with van der Waals surface area (Å²) >= 11 is 0. The Labute approximate surface area is 69.1 Å². The van der Waals surface area contributed by atoms with Crippen LogP contribution in [0.1, 0.15) is 26.2 Å². The first-order valence-electron chi connectivity index (χ1n) is 4.38. The largest absolute Gasteiger partial charge is 0.381 e. The molecule has 0 N–H and O–H groups in total. The topological polar surface area (TPSA) is 9.23 Å². The van der Waals surface area contributed by atoms with Crippen LogP contribution < -0.4 is 0 Å². The van der Waals surface area contributed by atoms with Crippen LogP contribution in [-0.2, 0) is 4.74 Å². The van der Waals surface area contributed by atoms with Crippen molar-refractivity contribution in [2.45, 2.75) is 26.2 Å². The van der Waals surface area contributed by atoms with E-state index >= 15 is 0 Å². The molecule has 0 aliphatic carbocycles. The van der Waals surface area contributed by atoms with Gasteiger partial charge in [0.15, 0.2) is 0 Å². The summed E-state index contributed by atoms with van der Waals surface area (Å²) < 4.78 is 5.44. The van der Waals surface area contributed by atoms with Gasteiger partial charge >= 0.3 is 0 Å². The molecular formula is C10H16O. The molecule has 1 nitrogen and oxygen atoms in total. The van der Waals surface area contributed by atoms with Gasteiger partial charge in [0, 0.05) is 13.0 Å². The number of hydrogen-bond acceptors (Lipinski definition) is 1. The predicted octanol–water partition coefficient (Wildman–Crippen LogP) is 2.07. The molecule has 1 heteroatoms. The third-order valence-electron chi connectivity index (χ3n) is 2.36. The van der Waals surface area contributed by atoms with Gasteiger partial charge in [-0.15, -0.1) is 12.3 Å². The maximum atomic E-state index is 5.44. The maximum absolute atomic E-state index is 5.44. The highest BCUT2D eigenvalue weighted by Gasteiger charge is 2.20. The molecule has 1 saturated heterocycles. The first-order valence-corrected chi connectivity index (χ1v) is 4.38. The number of rotatable bonds is 2. The zero-order chi connectivity index (χ0) is 8.10. The summed E-state index contributed by atoms with van der Waals surface area (Å²) in [5.74, 6) is 4.08. The van der Waals surface area contributed by atoms with Gasteiger partial charge in [-0.2, -0.15) is 0 Å². The van der Waals surface area contributed by atoms with Gasteiger partial charge in [-0.05, 0) is 18.3 Å². The molecule has 2 unspecified atom stereocenters. The lowest BCUT2D eigenvalue weighted by molar-refractivity contribution is 0.0156. The average Bonchev–Trinajstić information content (AvgIpc) is 2.06. The minimum atomic E-state index is 0.624. The smallest absolute Gasteiger partial charge is 0.0503 e. The molecule has 0 aromatic rings. The van der Waals surface area contributed by atoms with E-state index in [1.807, 2.05) is 0 Å². The summed E-state index contributed by atoms with van der Waals surface area (Å²) in [4.78, 5) is 0. The summed E-state index contributed by atoms with van der Waals surface area (Å²) in [5, 5.41) is 0. The second-order valence-corrected chi connectivity index (χ2v) is 3.32. The lowest BCUT2D eigenvalue weighted by Crippen LogP contribution is -2.24. The van der Waals surface area contributed by atoms with E-state index in [1.54, 1.807) is 0 Å². The van der Waals surface area contributed by atoms with E-state index in [1.165, 1.54) is 12.8 Å². The van der Waals surface area contributed by atoms with Crippen LogP contribution in [0.25, 0.3) is 0 Å². The van der Waals surface area contributed by atoms with E-state index in [-0.39, 0.29) is 0 Å². The Kier molecular flexibility index (Phi) is 3.45. The molecule has 11 heavy (non-hydrogen) atoms. The zero-order valence-electron chi connectivity index (χ0n) is 7.18. The minimum Gasteiger partial charge on any atom is -0.381 e. The highest BCUT2D eigenvalue weighted by atomic mass is 16.5. The first-order chi connectivity index (χ1) is 5.36. The lowest BCUT2D eigenvalue weighted by Gasteiger charge is -2.27. The highest BCUT2D eigenvalue weighted by Crippen LogP contribution is 2.23. The Bertz CT molecular complexity index is 145. The van der Waals surface area contributed by atoms with E-state index in [4.69, 9.17) is 11.2 Å². The second-order valence-electron chi connectivity index (χ2n) is 3.32. The zero-order valence-corrected chi connectivity index (χ0v) is 7.18. The number of terminal acetylenes is 1. The van der Waals surface area contributed by atoms with Crippen LogP contribution in [0.2, 0.25) is 0 Å². The third-order valence-corrected chi connectivity index (χ3v) is 2.36. The van der Waals surface area contributed by atoms with Gasteiger partial charge in [0.2, 0.25) is 0 Å². The molecule has 0 aromatic carbocycles. The fourth-order valence-electron chi connectivity index (χ4n) is 1.60. The van der Waals surface area contributed by atoms with Gasteiger partial charge in [-0.25, -0.2) is 0 Å². The van der Waals surface area contributed by atoms with Crippen molar-refractivity contribution in [3.8, 4) is 12.3 Å². The van der Waals surface area contributed by atoms with E-state index in [0.717, 1.165) is 25.6 Å². The Morgan fingerprint density at radius 2 is 2.18 bits per heavy atom. The molecule has 62 valence electrons. The SMILES string of the molecule is C#CCC1COCC(CC)C1. The predicted molar refractivity (Wildman–Crippen MR) is 46.2 cm³/mol. The summed E-state index contributed by atoms with van der Waals surface area (Å²) in [6, 6.07) is 0. The Balaban J connectivity index is 2.28. The molecule has 0 aromatic heterocycles. The molecule has 1 fully saturated rings. The first kappa shape index (κ1) is 8.62. The Morgan fingerprint density at radius 3 is 2.82 bits per heavy atom. The van der Waals surface area contributed by atoms with Crippen molar-refractivity contribution in [3.63, 3.8) is 0 Å². The summed E-state index contributed by atoms with van der Waals surface area (Å²) in [6.07, 6.45) is 8.61. The molecule has 1 aliphatic heterocycles. The molecule has 0 bridgehead atoms. The van der Waals surface area contributed by atoms with Crippen LogP contribution >= 0.6 is 0 Å². The fraction of sp³-hybridized carbons (Fsp3) is 0.800. The van der Waals surface area contributed by atoms with Crippen LogP contribution in [-0.4, -0.2) is 13.2 Å². The molecule has 0 saturated carbocycles. The van der Waals surface area contributed by atoms with E-state index in [9.17, 15) is 0 Å². The van der Waals surface area contributed by atoms with Gasteiger partial charge in [0.1, 0.15) is 0 Å². The Morgan fingerprint density at radius 1 is 1.45 bits per heavy atom. The van der Waals surface area contributed by atoms with Crippen molar-refractivity contribution < 1.29 is 4.74 Å². The molecule has 0 radical (unpaired) electrons. The minimum absolute atomic E-state index is 0.624. The van der Waals surface area contributed by atoms with Crippen molar-refractivity contribution >= 4 is 0 Å². The van der Waals surface area contributed by atoms with Gasteiger partial charge in [-0.1, -0.05) is 13.3 Å². The van der Waals surface area contributed by atoms with Crippen LogP contribution in [0.3, 0.4) is 0 Å². The monoisotopic (exact) mass is 152 g/mol. The molecule has 2 atom stereocenters. The molecule has 0 spiro atoms. The van der Waals surface area contributed by atoms with Crippen molar-refractivity contribution in [2.24, 2.45) is 11.8 Å². The molecule has 1 aliphatic rings. The molecular weight excluding hydrogens is 136 g/mol. The van der Waals surface area contributed by atoms with Gasteiger partial charge < -0.3 is 4.74 Å². The lowest BCUT2D eigenvalue weighted by atomic mass is 9.89. The van der Waals surface area contributed by atoms with Crippen molar-refractivity contribution in [3.05, 3.63) is 0 Å². The molecule has 1 heterocycles. The van der Waals surface area contributed by atoms with Crippen molar-refractivity contribution in [1.82, 2.24) is 0 Å². The maximum Gasteiger partial charge on any atom is 0.0503 e. The van der Waals surface area contributed by atoms with Gasteiger partial charge in [0.25, 0.3) is 0 Å². The molecule has 1 rings (SSSR count). The van der Waals surface area contributed by atoms with Crippen LogP contribution in [0.4, 0.5) is 0 Å². The quantitative estimate of drug-likeness (QED) is 0.550. The standard InChI is InChI=1S/C10H16O/c1-3-5-10-6-9(4-2)7-11-8-10/h1,9-10H,4-8H2,2H3. The van der Waals surface area contributed by atoms with Crippen LogP contribution in [0.15, 0.2) is 0 Å². The Hall–Kier alpha value is -0.480. The summed E-state index contributed by atoms with van der Waals surface area (Å²) in [7, 11) is 0. The van der Waals surface area contributed by atoms with Crippen LogP contribution in [0.5, 0.6) is 0 Å². The van der Waals surface area contributed by atoms with E-state index in [2.05, 4.69) is 12.8 Å². The summed E-state index contributed by atoms with van der Waals surface area (Å²) in [6.45, 7) is 4.03. The average molecular weight is 152 g/mol. The normalized spacial score (nSPS) is 31.3. The van der Waals surface area contributed by atoms with E-state index < -0.39 is 0 Å². The number of ether oxygens (including phenoxy) is 1. The summed E-state index contributed by atoms with van der Waals surface area (Å²) in [5.41, 5.74) is 0. The third kappa shape index (κ3) is 2.55. The van der Waals surface area contributed by atoms with E-state index in [0.29, 0.717) is 5.92 Å².